The van der Waals surface area contributed by atoms with Crippen LogP contribution in [0.3, 0.4) is 0 Å². The van der Waals surface area contributed by atoms with Crippen LogP contribution < -0.4 is 0 Å². The van der Waals surface area contributed by atoms with Crippen molar-refractivity contribution >= 4 is 5.97 Å². The number of esters is 1. The van der Waals surface area contributed by atoms with E-state index in [-0.39, 0.29) is 33.0 Å². The van der Waals surface area contributed by atoms with Gasteiger partial charge in [-0.15, -0.1) is 0 Å². The van der Waals surface area contributed by atoms with Crippen molar-refractivity contribution in [3.63, 3.8) is 0 Å². The molecule has 0 bridgehead atoms. The van der Waals surface area contributed by atoms with Gasteiger partial charge in [0.15, 0.2) is 0 Å². The van der Waals surface area contributed by atoms with Crippen LogP contribution in [0.4, 0.5) is 0 Å². The molecule has 1 unspecified atom stereocenters. The Hall–Kier alpha value is -0.730. The molecule has 0 spiro atoms. The summed E-state index contributed by atoms with van der Waals surface area (Å²) in [5.74, 6) is -0.807. The summed E-state index contributed by atoms with van der Waals surface area (Å²) in [6.45, 7) is 3.15. The first-order chi connectivity index (χ1) is 8.22. The molecule has 0 aromatic rings. The first kappa shape index (κ1) is 16.3. The van der Waals surface area contributed by atoms with E-state index in [1.54, 1.807) is 6.92 Å². The molecule has 0 amide bonds. The first-order valence-electron chi connectivity index (χ1n) is 5.45. The van der Waals surface area contributed by atoms with Gasteiger partial charge in [0, 0.05) is 0 Å². The third kappa shape index (κ3) is 10.2. The number of aliphatic hydroxyl groups excluding tert-OH is 2. The van der Waals surface area contributed by atoms with Gasteiger partial charge in [0.25, 0.3) is 6.29 Å². The maximum atomic E-state index is 10.9. The molecule has 17 heavy (non-hydrogen) atoms. The van der Waals surface area contributed by atoms with E-state index in [2.05, 4.69) is 4.74 Å². The van der Waals surface area contributed by atoms with E-state index in [0.717, 1.165) is 0 Å². The minimum atomic E-state index is -1.57. The largest absolute Gasteiger partial charge is 0.462 e. The molecule has 0 saturated carbocycles. The Morgan fingerprint density at radius 3 is 2.29 bits per heavy atom. The van der Waals surface area contributed by atoms with Gasteiger partial charge in [0.2, 0.25) is 0 Å². The molecule has 0 aliphatic carbocycles. The Morgan fingerprint density at radius 1 is 1.12 bits per heavy atom. The highest BCUT2D eigenvalue weighted by molar-refractivity contribution is 5.72. The quantitative estimate of drug-likeness (QED) is 0.274. The molecular weight excluding hydrogens is 232 g/mol. The van der Waals surface area contributed by atoms with Crippen molar-refractivity contribution in [3.8, 4) is 0 Å². The van der Waals surface area contributed by atoms with Gasteiger partial charge in [-0.1, -0.05) is 0 Å². The van der Waals surface area contributed by atoms with Crippen molar-refractivity contribution in [3.05, 3.63) is 0 Å². The Morgan fingerprint density at radius 2 is 1.71 bits per heavy atom. The first-order valence-corrected chi connectivity index (χ1v) is 5.45. The third-order valence-corrected chi connectivity index (χ3v) is 1.60. The average molecular weight is 252 g/mol. The highest BCUT2D eigenvalue weighted by Crippen LogP contribution is 1.91. The van der Waals surface area contributed by atoms with Crippen LogP contribution in [0.5, 0.6) is 0 Å². The van der Waals surface area contributed by atoms with Crippen molar-refractivity contribution in [1.82, 2.24) is 0 Å². The number of aliphatic hydroxyl groups is 2. The van der Waals surface area contributed by atoms with Gasteiger partial charge < -0.3 is 29.2 Å². The number of ether oxygens (including phenoxy) is 4. The summed E-state index contributed by atoms with van der Waals surface area (Å²) in [5.41, 5.74) is 0. The van der Waals surface area contributed by atoms with E-state index < -0.39 is 12.3 Å². The van der Waals surface area contributed by atoms with Crippen LogP contribution in [-0.4, -0.2) is 68.7 Å². The van der Waals surface area contributed by atoms with E-state index in [1.165, 1.54) is 0 Å². The van der Waals surface area contributed by atoms with Gasteiger partial charge in [-0.25, -0.2) is 4.79 Å². The SMILES string of the molecule is CCOC(=O)C(O)OCCOCCOCCO. The van der Waals surface area contributed by atoms with Gasteiger partial charge in [-0.05, 0) is 6.92 Å². The minimum Gasteiger partial charge on any atom is -0.462 e. The maximum absolute atomic E-state index is 10.9. The van der Waals surface area contributed by atoms with Crippen molar-refractivity contribution in [1.29, 1.82) is 0 Å². The van der Waals surface area contributed by atoms with Crippen molar-refractivity contribution < 1.29 is 34.0 Å². The van der Waals surface area contributed by atoms with E-state index in [1.807, 2.05) is 0 Å². The maximum Gasteiger partial charge on any atom is 0.363 e. The van der Waals surface area contributed by atoms with Gasteiger partial charge in [-0.2, -0.15) is 0 Å². The highest BCUT2D eigenvalue weighted by Gasteiger charge is 2.15. The van der Waals surface area contributed by atoms with Crippen LogP contribution in [0.1, 0.15) is 6.92 Å². The number of rotatable bonds is 11. The number of carbonyl (C=O) groups excluding carboxylic acids is 1. The molecule has 0 radical (unpaired) electrons. The van der Waals surface area contributed by atoms with Crippen LogP contribution in [0.2, 0.25) is 0 Å². The molecule has 102 valence electrons. The van der Waals surface area contributed by atoms with Crippen LogP contribution in [0.25, 0.3) is 0 Å². The fourth-order valence-corrected chi connectivity index (χ4v) is 0.887. The topological polar surface area (TPSA) is 94.5 Å². The van der Waals surface area contributed by atoms with Gasteiger partial charge in [0.1, 0.15) is 0 Å². The van der Waals surface area contributed by atoms with Crippen molar-refractivity contribution in [2.24, 2.45) is 0 Å². The van der Waals surface area contributed by atoms with E-state index in [4.69, 9.17) is 24.4 Å². The Labute approximate surface area is 100 Å². The monoisotopic (exact) mass is 252 g/mol. The minimum absolute atomic E-state index is 0.0190. The van der Waals surface area contributed by atoms with Crippen LogP contribution in [0, 0.1) is 0 Å². The van der Waals surface area contributed by atoms with E-state index in [0.29, 0.717) is 13.2 Å². The molecule has 0 rings (SSSR count). The zero-order valence-electron chi connectivity index (χ0n) is 9.96. The van der Waals surface area contributed by atoms with Crippen molar-refractivity contribution in [2.75, 3.05) is 46.2 Å². The molecule has 1 atom stereocenters. The fourth-order valence-electron chi connectivity index (χ4n) is 0.887. The van der Waals surface area contributed by atoms with Gasteiger partial charge in [0.05, 0.1) is 46.2 Å². The molecule has 0 saturated heterocycles. The second kappa shape index (κ2) is 11.7. The lowest BCUT2D eigenvalue weighted by atomic mass is 10.6. The molecular formula is C10H20O7. The highest BCUT2D eigenvalue weighted by atomic mass is 16.7. The van der Waals surface area contributed by atoms with E-state index in [9.17, 15) is 4.79 Å². The summed E-state index contributed by atoms with van der Waals surface area (Å²) in [6, 6.07) is 0. The lowest BCUT2D eigenvalue weighted by molar-refractivity contribution is -0.184. The number of hydrogen-bond donors (Lipinski definition) is 2. The van der Waals surface area contributed by atoms with Gasteiger partial charge >= 0.3 is 5.97 Å². The van der Waals surface area contributed by atoms with Gasteiger partial charge in [-0.3, -0.25) is 0 Å². The zero-order chi connectivity index (χ0) is 12.9. The lowest BCUT2D eigenvalue weighted by Crippen LogP contribution is -2.27. The molecule has 0 aliphatic rings. The number of hydrogen-bond acceptors (Lipinski definition) is 7. The summed E-state index contributed by atoms with van der Waals surface area (Å²) in [4.78, 5) is 10.9. The van der Waals surface area contributed by atoms with Crippen molar-refractivity contribution in [2.45, 2.75) is 13.2 Å². The Kier molecular flexibility index (Phi) is 11.2. The predicted molar refractivity (Wildman–Crippen MR) is 57.3 cm³/mol. The Balaban J connectivity index is 3.24. The van der Waals surface area contributed by atoms with Crippen LogP contribution in [0.15, 0.2) is 0 Å². The molecule has 0 aromatic heterocycles. The standard InChI is InChI=1S/C10H20O7/c1-2-16-9(12)10(13)17-8-7-15-6-5-14-4-3-11/h10-11,13H,2-8H2,1H3. The molecule has 0 aromatic carbocycles. The summed E-state index contributed by atoms with van der Waals surface area (Å²) in [6.07, 6.45) is -1.57. The predicted octanol–water partition coefficient (Wildman–Crippen LogP) is -1.09. The fraction of sp³-hybridized carbons (Fsp3) is 0.900. The summed E-state index contributed by atoms with van der Waals surface area (Å²) in [7, 11) is 0. The van der Waals surface area contributed by atoms with Crippen LogP contribution >= 0.6 is 0 Å². The van der Waals surface area contributed by atoms with E-state index >= 15 is 0 Å². The molecule has 7 nitrogen and oxygen atoms in total. The second-order valence-electron chi connectivity index (χ2n) is 2.92. The normalized spacial score (nSPS) is 12.4. The summed E-state index contributed by atoms with van der Waals surface area (Å²) < 4.78 is 19.3. The molecule has 0 fully saturated rings. The average Bonchev–Trinajstić information content (AvgIpc) is 2.32. The third-order valence-electron chi connectivity index (χ3n) is 1.60. The molecule has 2 N–H and O–H groups in total. The van der Waals surface area contributed by atoms with Crippen LogP contribution in [-0.2, 0) is 23.7 Å². The lowest BCUT2D eigenvalue weighted by Gasteiger charge is -2.10. The molecule has 0 heterocycles. The number of carbonyl (C=O) groups is 1. The Bertz CT molecular complexity index is 185. The summed E-state index contributed by atoms with van der Waals surface area (Å²) >= 11 is 0. The summed E-state index contributed by atoms with van der Waals surface area (Å²) in [5, 5.41) is 17.5. The smallest absolute Gasteiger partial charge is 0.363 e. The second-order valence-corrected chi connectivity index (χ2v) is 2.92. The molecule has 0 aliphatic heterocycles. The molecule has 7 heteroatoms. The zero-order valence-corrected chi connectivity index (χ0v) is 9.96.